The van der Waals surface area contributed by atoms with Crippen LogP contribution in [-0.2, 0) is 6.54 Å². The molecule has 4 nitrogen and oxygen atoms in total. The first-order chi connectivity index (χ1) is 9.28. The molecule has 1 heterocycles. The van der Waals surface area contributed by atoms with Crippen molar-refractivity contribution in [2.45, 2.75) is 51.9 Å². The molecule has 0 bridgehead atoms. The summed E-state index contributed by atoms with van der Waals surface area (Å²) in [4.78, 5) is 11.8. The van der Waals surface area contributed by atoms with Crippen LogP contribution >= 0.6 is 15.9 Å². The Morgan fingerprint density at radius 2 is 2.10 bits per heavy atom. The van der Waals surface area contributed by atoms with E-state index in [1.165, 1.54) is 6.20 Å². The van der Waals surface area contributed by atoms with Crippen LogP contribution in [-0.4, -0.2) is 22.0 Å². The van der Waals surface area contributed by atoms with Gasteiger partial charge in [0.1, 0.15) is 11.0 Å². The predicted molar refractivity (Wildman–Crippen MR) is 74.9 cm³/mol. The first kappa shape index (κ1) is 17.0. The van der Waals surface area contributed by atoms with E-state index in [0.717, 1.165) is 19.3 Å². The van der Waals surface area contributed by atoms with Crippen LogP contribution in [0.3, 0.4) is 0 Å². The number of hydrogen-bond donors (Lipinski definition) is 1. The standard InChI is InChI=1S/C12H17BrF3N3O/c1-3-5-8(4-2)18-9-6-17-19(7-12(14,15)16)11(20)10(9)13/h6,8,18H,3-5,7H2,1-2H3. The maximum absolute atomic E-state index is 12.3. The van der Waals surface area contributed by atoms with Crippen molar-refractivity contribution in [1.82, 2.24) is 9.78 Å². The van der Waals surface area contributed by atoms with Crippen LogP contribution in [0.1, 0.15) is 33.1 Å². The molecule has 1 N–H and O–H groups in total. The van der Waals surface area contributed by atoms with Gasteiger partial charge in [-0.05, 0) is 28.8 Å². The lowest BCUT2D eigenvalue weighted by Gasteiger charge is -2.18. The molecule has 0 aromatic carbocycles. The number of halogens is 4. The summed E-state index contributed by atoms with van der Waals surface area (Å²) in [6.07, 6.45) is -0.489. The summed E-state index contributed by atoms with van der Waals surface area (Å²) in [7, 11) is 0. The topological polar surface area (TPSA) is 46.9 Å². The third-order valence-electron chi connectivity index (χ3n) is 2.80. The van der Waals surface area contributed by atoms with Crippen molar-refractivity contribution in [3.8, 4) is 0 Å². The lowest BCUT2D eigenvalue weighted by molar-refractivity contribution is -0.143. The van der Waals surface area contributed by atoms with Gasteiger partial charge >= 0.3 is 6.18 Å². The molecule has 1 atom stereocenters. The van der Waals surface area contributed by atoms with Gasteiger partial charge in [-0.25, -0.2) is 4.68 Å². The Bertz CT molecular complexity index is 502. The van der Waals surface area contributed by atoms with Crippen LogP contribution in [0.4, 0.5) is 18.9 Å². The Balaban J connectivity index is 2.97. The SMILES string of the molecule is CCCC(CC)Nc1cnn(CC(F)(F)F)c(=O)c1Br. The minimum Gasteiger partial charge on any atom is -0.380 e. The molecule has 8 heteroatoms. The Hall–Kier alpha value is -1.05. The molecule has 0 saturated heterocycles. The van der Waals surface area contributed by atoms with E-state index in [2.05, 4.69) is 26.3 Å². The lowest BCUT2D eigenvalue weighted by Crippen LogP contribution is -2.31. The van der Waals surface area contributed by atoms with Crippen molar-refractivity contribution in [2.24, 2.45) is 0 Å². The Kier molecular flexibility index (Phi) is 6.04. The molecule has 0 fully saturated rings. The first-order valence-electron chi connectivity index (χ1n) is 6.37. The van der Waals surface area contributed by atoms with Crippen LogP contribution in [0.25, 0.3) is 0 Å². The molecular formula is C12H17BrF3N3O. The van der Waals surface area contributed by atoms with Gasteiger partial charge in [0.2, 0.25) is 0 Å². The van der Waals surface area contributed by atoms with E-state index in [1.807, 2.05) is 13.8 Å². The zero-order valence-electron chi connectivity index (χ0n) is 11.3. The number of nitrogens with zero attached hydrogens (tertiary/aromatic N) is 2. The summed E-state index contributed by atoms with van der Waals surface area (Å²) in [6.45, 7) is 2.65. The minimum atomic E-state index is -4.47. The van der Waals surface area contributed by atoms with Crippen LogP contribution in [0.2, 0.25) is 0 Å². The smallest absolute Gasteiger partial charge is 0.380 e. The van der Waals surface area contributed by atoms with Crippen molar-refractivity contribution in [1.29, 1.82) is 0 Å². The van der Waals surface area contributed by atoms with Gasteiger partial charge in [0.15, 0.2) is 0 Å². The van der Waals surface area contributed by atoms with Crippen LogP contribution in [0.5, 0.6) is 0 Å². The number of rotatable bonds is 6. The highest BCUT2D eigenvalue weighted by Crippen LogP contribution is 2.21. The minimum absolute atomic E-state index is 0.0753. The zero-order valence-corrected chi connectivity index (χ0v) is 12.9. The van der Waals surface area contributed by atoms with Gasteiger partial charge in [0.25, 0.3) is 5.56 Å². The van der Waals surface area contributed by atoms with E-state index in [1.54, 1.807) is 0 Å². The monoisotopic (exact) mass is 355 g/mol. The third-order valence-corrected chi connectivity index (χ3v) is 3.57. The summed E-state index contributed by atoms with van der Waals surface area (Å²) < 4.78 is 37.3. The van der Waals surface area contributed by atoms with Gasteiger partial charge in [-0.2, -0.15) is 18.3 Å². The Morgan fingerprint density at radius 3 is 2.60 bits per heavy atom. The van der Waals surface area contributed by atoms with Crippen LogP contribution in [0.15, 0.2) is 15.5 Å². The number of nitrogens with one attached hydrogen (secondary N) is 1. The van der Waals surface area contributed by atoms with E-state index in [-0.39, 0.29) is 10.5 Å². The summed E-state index contributed by atoms with van der Waals surface area (Å²) in [6, 6.07) is 0.163. The van der Waals surface area contributed by atoms with Gasteiger partial charge in [0.05, 0.1) is 11.9 Å². The maximum Gasteiger partial charge on any atom is 0.408 e. The highest BCUT2D eigenvalue weighted by Gasteiger charge is 2.29. The molecule has 0 amide bonds. The van der Waals surface area contributed by atoms with Crippen molar-refractivity contribution in [3.63, 3.8) is 0 Å². The molecule has 1 unspecified atom stereocenters. The molecule has 114 valence electrons. The van der Waals surface area contributed by atoms with Gasteiger partial charge in [-0.15, -0.1) is 0 Å². The van der Waals surface area contributed by atoms with E-state index in [4.69, 9.17) is 0 Å². The zero-order chi connectivity index (χ0) is 15.3. The lowest BCUT2D eigenvalue weighted by atomic mass is 10.1. The van der Waals surface area contributed by atoms with Crippen LogP contribution in [0, 0.1) is 0 Å². The first-order valence-corrected chi connectivity index (χ1v) is 7.16. The third kappa shape index (κ3) is 4.81. The predicted octanol–water partition coefficient (Wildman–Crippen LogP) is 3.56. The highest BCUT2D eigenvalue weighted by molar-refractivity contribution is 9.10. The van der Waals surface area contributed by atoms with Gasteiger partial charge in [-0.1, -0.05) is 20.3 Å². The number of alkyl halides is 3. The number of anilines is 1. The van der Waals surface area contributed by atoms with E-state index in [0.29, 0.717) is 10.4 Å². The molecule has 0 aliphatic heterocycles. The van der Waals surface area contributed by atoms with Gasteiger partial charge < -0.3 is 5.32 Å². The largest absolute Gasteiger partial charge is 0.408 e. The molecule has 0 saturated carbocycles. The molecule has 0 spiro atoms. The second kappa shape index (κ2) is 7.10. The Morgan fingerprint density at radius 1 is 1.45 bits per heavy atom. The second-order valence-corrected chi connectivity index (χ2v) is 5.28. The molecule has 0 radical (unpaired) electrons. The van der Waals surface area contributed by atoms with Gasteiger partial charge in [-0.3, -0.25) is 4.79 Å². The molecule has 1 aromatic heterocycles. The van der Waals surface area contributed by atoms with Gasteiger partial charge in [0, 0.05) is 6.04 Å². The molecule has 20 heavy (non-hydrogen) atoms. The molecule has 1 rings (SSSR count). The molecule has 1 aromatic rings. The van der Waals surface area contributed by atoms with Crippen LogP contribution < -0.4 is 10.9 Å². The summed E-state index contributed by atoms with van der Waals surface area (Å²) in [5, 5.41) is 6.69. The fourth-order valence-electron chi connectivity index (χ4n) is 1.79. The summed E-state index contributed by atoms with van der Waals surface area (Å²) >= 11 is 3.04. The second-order valence-electron chi connectivity index (χ2n) is 4.49. The normalized spacial score (nSPS) is 13.3. The average Bonchev–Trinajstić information content (AvgIpc) is 2.36. The number of aromatic nitrogens is 2. The highest BCUT2D eigenvalue weighted by atomic mass is 79.9. The van der Waals surface area contributed by atoms with Crippen molar-refractivity contribution >= 4 is 21.6 Å². The maximum atomic E-state index is 12.3. The molecule has 0 aliphatic rings. The average molecular weight is 356 g/mol. The van der Waals surface area contributed by atoms with E-state index in [9.17, 15) is 18.0 Å². The molecular weight excluding hydrogens is 339 g/mol. The van der Waals surface area contributed by atoms with E-state index < -0.39 is 18.3 Å². The quantitative estimate of drug-likeness (QED) is 0.848. The van der Waals surface area contributed by atoms with Crippen molar-refractivity contribution in [3.05, 3.63) is 21.0 Å². The number of hydrogen-bond acceptors (Lipinski definition) is 3. The summed E-state index contributed by atoms with van der Waals surface area (Å²) in [5.74, 6) is 0. The van der Waals surface area contributed by atoms with E-state index >= 15 is 0 Å². The fraction of sp³-hybridized carbons (Fsp3) is 0.667. The Labute approximate surface area is 123 Å². The van der Waals surface area contributed by atoms with Crippen molar-refractivity contribution < 1.29 is 13.2 Å². The summed E-state index contributed by atoms with van der Waals surface area (Å²) in [5.41, 5.74) is -0.368. The molecule has 0 aliphatic carbocycles. The fourth-order valence-corrected chi connectivity index (χ4v) is 2.22. The van der Waals surface area contributed by atoms with Crippen molar-refractivity contribution in [2.75, 3.05) is 5.32 Å².